The van der Waals surface area contributed by atoms with E-state index in [1.54, 1.807) is 11.3 Å². The highest BCUT2D eigenvalue weighted by Gasteiger charge is 2.36. The highest BCUT2D eigenvalue weighted by atomic mass is 32.1. The molecule has 6 nitrogen and oxygen atoms in total. The lowest BCUT2D eigenvalue weighted by atomic mass is 9.96. The van der Waals surface area contributed by atoms with E-state index in [0.29, 0.717) is 13.2 Å². The van der Waals surface area contributed by atoms with Gasteiger partial charge in [0.25, 0.3) is 0 Å². The Kier molecular flexibility index (Phi) is 4.14. The molecule has 0 saturated carbocycles. The first kappa shape index (κ1) is 17.3. The minimum atomic E-state index is -0.429. The molecule has 4 aromatic rings. The first-order valence-electron chi connectivity index (χ1n) is 9.30. The van der Waals surface area contributed by atoms with Crippen molar-refractivity contribution in [3.63, 3.8) is 0 Å². The van der Waals surface area contributed by atoms with E-state index in [1.165, 1.54) is 0 Å². The van der Waals surface area contributed by atoms with Gasteiger partial charge < -0.3 is 9.64 Å². The van der Waals surface area contributed by atoms with Crippen LogP contribution in [0.4, 0.5) is 5.82 Å². The number of morpholine rings is 1. The summed E-state index contributed by atoms with van der Waals surface area (Å²) in [7, 11) is 1.93. The molecule has 3 aromatic heterocycles. The number of para-hydroxylation sites is 1. The van der Waals surface area contributed by atoms with Crippen molar-refractivity contribution < 1.29 is 4.74 Å². The van der Waals surface area contributed by atoms with Gasteiger partial charge in [-0.2, -0.15) is 16.4 Å². The lowest BCUT2D eigenvalue weighted by Gasteiger charge is -2.41. The van der Waals surface area contributed by atoms with Crippen LogP contribution in [0.15, 0.2) is 53.5 Å². The number of nitrogens with zero attached hydrogens (tertiary/aromatic N) is 5. The van der Waals surface area contributed by atoms with Gasteiger partial charge in [0.1, 0.15) is 11.4 Å². The summed E-state index contributed by atoms with van der Waals surface area (Å²) in [5.41, 5.74) is 2.67. The maximum atomic E-state index is 6.19. The van der Waals surface area contributed by atoms with Crippen LogP contribution in [0.2, 0.25) is 0 Å². The van der Waals surface area contributed by atoms with Crippen LogP contribution in [0, 0.1) is 0 Å². The van der Waals surface area contributed by atoms with Gasteiger partial charge in [0, 0.05) is 41.7 Å². The molecule has 7 heteroatoms. The fourth-order valence-electron chi connectivity index (χ4n) is 3.74. The maximum Gasteiger partial charge on any atom is 0.162 e. The molecule has 1 atom stereocenters. The minimum Gasteiger partial charge on any atom is -0.367 e. The van der Waals surface area contributed by atoms with Crippen molar-refractivity contribution in [3.05, 3.63) is 59.0 Å². The van der Waals surface area contributed by atoms with Gasteiger partial charge in [-0.1, -0.05) is 12.1 Å². The lowest BCUT2D eigenvalue weighted by Crippen LogP contribution is -2.48. The second-order valence-corrected chi connectivity index (χ2v) is 8.08. The average molecular weight is 392 g/mol. The third kappa shape index (κ3) is 2.96. The number of ether oxygens (including phenoxy) is 1. The molecule has 142 valence electrons. The second kappa shape index (κ2) is 6.68. The number of aromatic nitrogens is 4. The molecule has 0 N–H and O–H groups in total. The normalized spacial score (nSPS) is 20.0. The third-order valence-electron chi connectivity index (χ3n) is 5.25. The van der Waals surface area contributed by atoms with Crippen LogP contribution < -0.4 is 4.90 Å². The lowest BCUT2D eigenvalue weighted by molar-refractivity contribution is -0.0467. The molecule has 1 fully saturated rings. The predicted octanol–water partition coefficient (Wildman–Crippen LogP) is 3.84. The zero-order chi connectivity index (χ0) is 19.1. The van der Waals surface area contributed by atoms with E-state index < -0.39 is 5.60 Å². The Labute approximate surface area is 167 Å². The van der Waals surface area contributed by atoms with Crippen LogP contribution in [0.25, 0.3) is 22.3 Å². The molecule has 1 unspecified atom stereocenters. The molecule has 0 bridgehead atoms. The number of hydrogen-bond acceptors (Lipinski definition) is 6. The van der Waals surface area contributed by atoms with Crippen LogP contribution in [0.3, 0.4) is 0 Å². The molecule has 0 spiro atoms. The maximum absolute atomic E-state index is 6.19. The van der Waals surface area contributed by atoms with Gasteiger partial charge in [-0.3, -0.25) is 4.68 Å². The molecular formula is C21H21N5OS. The Balaban J connectivity index is 1.60. The molecule has 4 heterocycles. The second-order valence-electron chi connectivity index (χ2n) is 7.30. The number of thiophene rings is 1. The van der Waals surface area contributed by atoms with Crippen molar-refractivity contribution in [1.29, 1.82) is 0 Å². The Hall–Kier alpha value is -2.77. The van der Waals surface area contributed by atoms with Crippen LogP contribution in [-0.4, -0.2) is 39.4 Å². The summed E-state index contributed by atoms with van der Waals surface area (Å²) in [5.74, 6) is 1.73. The zero-order valence-electron chi connectivity index (χ0n) is 15.9. The van der Waals surface area contributed by atoms with E-state index in [9.17, 15) is 0 Å². The zero-order valence-corrected chi connectivity index (χ0v) is 16.7. The summed E-state index contributed by atoms with van der Waals surface area (Å²) >= 11 is 1.66. The quantitative estimate of drug-likeness (QED) is 0.531. The number of aryl methyl sites for hydroxylation is 1. The number of hydrogen-bond donors (Lipinski definition) is 0. The van der Waals surface area contributed by atoms with Crippen molar-refractivity contribution in [2.24, 2.45) is 7.05 Å². The van der Waals surface area contributed by atoms with Crippen LogP contribution >= 0.6 is 11.3 Å². The summed E-state index contributed by atoms with van der Waals surface area (Å²) < 4.78 is 8.01. The van der Waals surface area contributed by atoms with Crippen LogP contribution in [-0.2, 0) is 17.4 Å². The molecule has 1 aliphatic heterocycles. The summed E-state index contributed by atoms with van der Waals surface area (Å²) in [4.78, 5) is 12.1. The van der Waals surface area contributed by atoms with Crippen molar-refractivity contribution in [2.75, 3.05) is 24.6 Å². The van der Waals surface area contributed by atoms with Gasteiger partial charge in [0.05, 0.1) is 24.9 Å². The standard InChI is InChI=1S/C21H21N5OS/c1-21(16-11-22-25(2)12-16)14-26(8-9-27-21)20-17-5-3-4-6-18(17)23-19(24-20)15-7-10-28-13-15/h3-7,10-13H,8-9,14H2,1-2H3. The van der Waals surface area contributed by atoms with Gasteiger partial charge in [-0.25, -0.2) is 9.97 Å². The van der Waals surface area contributed by atoms with Gasteiger partial charge >= 0.3 is 0 Å². The first-order chi connectivity index (χ1) is 13.6. The highest BCUT2D eigenvalue weighted by molar-refractivity contribution is 7.08. The van der Waals surface area contributed by atoms with Crippen molar-refractivity contribution in [1.82, 2.24) is 19.7 Å². The largest absolute Gasteiger partial charge is 0.367 e. The fourth-order valence-corrected chi connectivity index (χ4v) is 4.38. The number of anilines is 1. The van der Waals surface area contributed by atoms with Gasteiger partial charge in [0.15, 0.2) is 5.82 Å². The fraction of sp³-hybridized carbons (Fsp3) is 0.286. The van der Waals surface area contributed by atoms with E-state index in [0.717, 1.165) is 40.2 Å². The summed E-state index contributed by atoms with van der Waals surface area (Å²) in [6, 6.07) is 10.3. The van der Waals surface area contributed by atoms with Gasteiger partial charge in [-0.05, 0) is 30.5 Å². The van der Waals surface area contributed by atoms with E-state index in [4.69, 9.17) is 14.7 Å². The molecule has 1 aromatic carbocycles. The van der Waals surface area contributed by atoms with Crippen molar-refractivity contribution >= 4 is 28.1 Å². The molecule has 0 radical (unpaired) electrons. The van der Waals surface area contributed by atoms with E-state index in [1.807, 2.05) is 36.3 Å². The molecule has 5 rings (SSSR count). The van der Waals surface area contributed by atoms with Crippen LogP contribution in [0.5, 0.6) is 0 Å². The Morgan fingerprint density at radius 3 is 2.86 bits per heavy atom. The van der Waals surface area contributed by atoms with Crippen molar-refractivity contribution in [3.8, 4) is 11.4 Å². The summed E-state index contributed by atoms with van der Waals surface area (Å²) in [5, 5.41) is 9.54. The number of rotatable bonds is 3. The first-order valence-corrected chi connectivity index (χ1v) is 10.2. The SMILES string of the molecule is Cn1cc(C2(C)CN(c3nc(-c4ccsc4)nc4ccccc34)CCO2)cn1. The highest BCUT2D eigenvalue weighted by Crippen LogP contribution is 2.34. The van der Waals surface area contributed by atoms with Crippen LogP contribution in [0.1, 0.15) is 12.5 Å². The summed E-state index contributed by atoms with van der Waals surface area (Å²) in [6.07, 6.45) is 3.91. The summed E-state index contributed by atoms with van der Waals surface area (Å²) in [6.45, 7) is 4.26. The third-order valence-corrected chi connectivity index (χ3v) is 5.94. The van der Waals surface area contributed by atoms with E-state index >= 15 is 0 Å². The Bertz CT molecular complexity index is 1120. The Morgan fingerprint density at radius 2 is 2.07 bits per heavy atom. The smallest absolute Gasteiger partial charge is 0.162 e. The molecular weight excluding hydrogens is 370 g/mol. The Morgan fingerprint density at radius 1 is 1.18 bits per heavy atom. The predicted molar refractivity (Wildman–Crippen MR) is 112 cm³/mol. The molecule has 0 amide bonds. The molecule has 28 heavy (non-hydrogen) atoms. The van der Waals surface area contributed by atoms with Gasteiger partial charge in [-0.15, -0.1) is 0 Å². The molecule has 0 aliphatic carbocycles. The van der Waals surface area contributed by atoms with Gasteiger partial charge in [0.2, 0.25) is 0 Å². The molecule has 1 saturated heterocycles. The topological polar surface area (TPSA) is 56.1 Å². The monoisotopic (exact) mass is 391 g/mol. The van der Waals surface area contributed by atoms with E-state index in [2.05, 4.69) is 45.9 Å². The average Bonchev–Trinajstić information content (AvgIpc) is 3.39. The van der Waals surface area contributed by atoms with E-state index in [-0.39, 0.29) is 0 Å². The number of benzene rings is 1. The van der Waals surface area contributed by atoms with Crippen molar-refractivity contribution in [2.45, 2.75) is 12.5 Å². The minimum absolute atomic E-state index is 0.429. The molecule has 1 aliphatic rings. The number of fused-ring (bicyclic) bond motifs is 1.